The van der Waals surface area contributed by atoms with Crippen LogP contribution in [0.4, 0.5) is 0 Å². The van der Waals surface area contributed by atoms with E-state index in [9.17, 15) is 9.59 Å². The fourth-order valence-corrected chi connectivity index (χ4v) is 2.30. The molecule has 1 aliphatic rings. The van der Waals surface area contributed by atoms with Gasteiger partial charge in [0.25, 0.3) is 0 Å². The summed E-state index contributed by atoms with van der Waals surface area (Å²) in [4.78, 5) is 23.9. The van der Waals surface area contributed by atoms with Gasteiger partial charge in [-0.2, -0.15) is 0 Å². The van der Waals surface area contributed by atoms with Crippen LogP contribution in [-0.2, 0) is 14.3 Å². The van der Waals surface area contributed by atoms with Crippen molar-refractivity contribution >= 4 is 11.8 Å². The maximum absolute atomic E-state index is 12.0. The van der Waals surface area contributed by atoms with Crippen LogP contribution in [-0.4, -0.2) is 18.4 Å². The van der Waals surface area contributed by atoms with Gasteiger partial charge < -0.3 is 4.74 Å². The molecular formula is C13H20O3. The van der Waals surface area contributed by atoms with Gasteiger partial charge in [-0.15, -0.1) is 0 Å². The van der Waals surface area contributed by atoms with Crippen molar-refractivity contribution in [1.82, 2.24) is 0 Å². The van der Waals surface area contributed by atoms with Crippen LogP contribution < -0.4 is 0 Å². The predicted molar refractivity (Wildman–Crippen MR) is 61.9 cm³/mol. The van der Waals surface area contributed by atoms with Gasteiger partial charge in [-0.25, -0.2) is 0 Å². The molecule has 0 saturated heterocycles. The highest BCUT2D eigenvalue weighted by molar-refractivity contribution is 6.04. The second kappa shape index (κ2) is 5.28. The molecule has 1 saturated carbocycles. The highest BCUT2D eigenvalue weighted by atomic mass is 16.5. The standard InChI is InChI=1S/C13H20O3/c1-4-7-10-8-6-9-11(14)13(10,3)12(15)16-5-2/h4,7,10H,5-6,8-9H2,1-3H3/b7-4+/t10-,13-/m0/s1. The fourth-order valence-electron chi connectivity index (χ4n) is 2.30. The van der Waals surface area contributed by atoms with E-state index in [1.807, 2.05) is 19.1 Å². The van der Waals surface area contributed by atoms with Gasteiger partial charge in [0.15, 0.2) is 5.78 Å². The monoisotopic (exact) mass is 224 g/mol. The Hall–Kier alpha value is -1.12. The minimum atomic E-state index is -0.971. The van der Waals surface area contributed by atoms with Crippen molar-refractivity contribution in [3.63, 3.8) is 0 Å². The molecule has 0 heterocycles. The van der Waals surface area contributed by atoms with Crippen LogP contribution in [0.5, 0.6) is 0 Å². The van der Waals surface area contributed by atoms with Gasteiger partial charge in [0, 0.05) is 6.42 Å². The molecule has 16 heavy (non-hydrogen) atoms. The first-order valence-corrected chi connectivity index (χ1v) is 5.90. The number of hydrogen-bond donors (Lipinski definition) is 0. The van der Waals surface area contributed by atoms with E-state index in [2.05, 4.69) is 0 Å². The van der Waals surface area contributed by atoms with Gasteiger partial charge in [-0.1, -0.05) is 12.2 Å². The Morgan fingerprint density at radius 2 is 2.31 bits per heavy atom. The first-order chi connectivity index (χ1) is 7.57. The highest BCUT2D eigenvalue weighted by Gasteiger charge is 2.49. The van der Waals surface area contributed by atoms with E-state index in [1.54, 1.807) is 13.8 Å². The number of carbonyl (C=O) groups excluding carboxylic acids is 2. The molecular weight excluding hydrogens is 204 g/mol. The summed E-state index contributed by atoms with van der Waals surface area (Å²) in [6, 6.07) is 0. The van der Waals surface area contributed by atoms with Gasteiger partial charge in [-0.3, -0.25) is 9.59 Å². The Morgan fingerprint density at radius 1 is 1.62 bits per heavy atom. The molecule has 0 aromatic rings. The largest absolute Gasteiger partial charge is 0.465 e. The Balaban J connectivity index is 2.99. The number of carbonyl (C=O) groups is 2. The number of rotatable bonds is 3. The van der Waals surface area contributed by atoms with E-state index < -0.39 is 5.41 Å². The molecule has 0 aromatic carbocycles. The molecule has 0 N–H and O–H groups in total. The number of allylic oxidation sites excluding steroid dienone is 2. The van der Waals surface area contributed by atoms with Crippen LogP contribution in [0.25, 0.3) is 0 Å². The fraction of sp³-hybridized carbons (Fsp3) is 0.692. The summed E-state index contributed by atoms with van der Waals surface area (Å²) in [5.41, 5.74) is -0.971. The SMILES string of the molecule is C/C=C/[C@H]1CCCC(=O)[C@@]1(C)C(=O)OCC. The molecule has 0 bridgehead atoms. The molecule has 90 valence electrons. The van der Waals surface area contributed by atoms with E-state index in [0.717, 1.165) is 12.8 Å². The molecule has 0 spiro atoms. The van der Waals surface area contributed by atoms with Crippen LogP contribution in [0.15, 0.2) is 12.2 Å². The molecule has 0 radical (unpaired) electrons. The maximum Gasteiger partial charge on any atom is 0.319 e. The van der Waals surface area contributed by atoms with E-state index >= 15 is 0 Å². The number of ether oxygens (including phenoxy) is 1. The molecule has 2 atom stereocenters. The second-order valence-corrected chi connectivity index (χ2v) is 4.37. The maximum atomic E-state index is 12.0. The third-order valence-electron chi connectivity index (χ3n) is 3.36. The number of ketones is 1. The summed E-state index contributed by atoms with van der Waals surface area (Å²) < 4.78 is 5.04. The van der Waals surface area contributed by atoms with Crippen LogP contribution in [0.1, 0.15) is 40.0 Å². The molecule has 1 aliphatic carbocycles. The summed E-state index contributed by atoms with van der Waals surface area (Å²) in [7, 11) is 0. The van der Waals surface area contributed by atoms with Crippen molar-refractivity contribution in [3.8, 4) is 0 Å². The lowest BCUT2D eigenvalue weighted by atomic mass is 9.66. The molecule has 3 heteroatoms. The average molecular weight is 224 g/mol. The second-order valence-electron chi connectivity index (χ2n) is 4.37. The average Bonchev–Trinajstić information content (AvgIpc) is 2.25. The summed E-state index contributed by atoms with van der Waals surface area (Å²) in [6.45, 7) is 5.71. The lowest BCUT2D eigenvalue weighted by Crippen LogP contribution is -2.46. The van der Waals surface area contributed by atoms with Gasteiger partial charge in [0.2, 0.25) is 0 Å². The quantitative estimate of drug-likeness (QED) is 0.420. The zero-order valence-corrected chi connectivity index (χ0v) is 10.3. The molecule has 1 fully saturated rings. The Kier molecular flexibility index (Phi) is 4.27. The summed E-state index contributed by atoms with van der Waals surface area (Å²) >= 11 is 0. The molecule has 0 amide bonds. The molecule has 0 aromatic heterocycles. The van der Waals surface area contributed by atoms with E-state index in [4.69, 9.17) is 4.74 Å². The minimum Gasteiger partial charge on any atom is -0.465 e. The third-order valence-corrected chi connectivity index (χ3v) is 3.36. The summed E-state index contributed by atoms with van der Waals surface area (Å²) in [5.74, 6) is -0.374. The van der Waals surface area contributed by atoms with Crippen molar-refractivity contribution in [2.45, 2.75) is 40.0 Å². The first kappa shape index (κ1) is 12.9. The van der Waals surface area contributed by atoms with Gasteiger partial charge in [0.05, 0.1) is 6.61 Å². The number of esters is 1. The summed E-state index contributed by atoms with van der Waals surface area (Å²) in [5, 5.41) is 0. The zero-order chi connectivity index (χ0) is 12.2. The smallest absolute Gasteiger partial charge is 0.319 e. The van der Waals surface area contributed by atoms with E-state index in [-0.39, 0.29) is 17.7 Å². The lowest BCUT2D eigenvalue weighted by molar-refractivity contribution is -0.163. The van der Waals surface area contributed by atoms with Crippen molar-refractivity contribution in [1.29, 1.82) is 0 Å². The molecule has 0 aliphatic heterocycles. The Labute approximate surface area is 96.9 Å². The minimum absolute atomic E-state index is 0.0142. The van der Waals surface area contributed by atoms with Gasteiger partial charge >= 0.3 is 5.97 Å². The summed E-state index contributed by atoms with van der Waals surface area (Å²) in [6.07, 6.45) is 6.09. The normalized spacial score (nSPS) is 30.7. The van der Waals surface area contributed by atoms with E-state index in [0.29, 0.717) is 13.0 Å². The van der Waals surface area contributed by atoms with Crippen LogP contribution in [0.2, 0.25) is 0 Å². The number of hydrogen-bond acceptors (Lipinski definition) is 3. The van der Waals surface area contributed by atoms with Gasteiger partial charge in [-0.05, 0) is 39.5 Å². The van der Waals surface area contributed by atoms with Crippen LogP contribution in [0, 0.1) is 11.3 Å². The Bertz CT molecular complexity index is 306. The lowest BCUT2D eigenvalue weighted by Gasteiger charge is -2.36. The van der Waals surface area contributed by atoms with Crippen molar-refractivity contribution in [3.05, 3.63) is 12.2 Å². The van der Waals surface area contributed by atoms with Crippen molar-refractivity contribution in [2.24, 2.45) is 11.3 Å². The highest BCUT2D eigenvalue weighted by Crippen LogP contribution is 2.40. The Morgan fingerprint density at radius 3 is 2.88 bits per heavy atom. The van der Waals surface area contributed by atoms with E-state index in [1.165, 1.54) is 0 Å². The predicted octanol–water partition coefficient (Wildman–Crippen LogP) is 2.50. The zero-order valence-electron chi connectivity index (χ0n) is 10.3. The van der Waals surface area contributed by atoms with Crippen LogP contribution >= 0.6 is 0 Å². The number of Topliss-reactive ketones (excluding diaryl/α,β-unsaturated/α-hetero) is 1. The molecule has 0 unspecified atom stereocenters. The van der Waals surface area contributed by atoms with Gasteiger partial charge in [0.1, 0.15) is 5.41 Å². The van der Waals surface area contributed by atoms with Crippen molar-refractivity contribution in [2.75, 3.05) is 6.61 Å². The van der Waals surface area contributed by atoms with Crippen molar-refractivity contribution < 1.29 is 14.3 Å². The molecule has 1 rings (SSSR count). The van der Waals surface area contributed by atoms with Crippen LogP contribution in [0.3, 0.4) is 0 Å². The first-order valence-electron chi connectivity index (χ1n) is 5.90. The third kappa shape index (κ3) is 2.18. The molecule has 3 nitrogen and oxygen atoms in total. The topological polar surface area (TPSA) is 43.4 Å².